The van der Waals surface area contributed by atoms with Crippen molar-refractivity contribution in [3.05, 3.63) is 96.1 Å². The molecule has 2 aromatic carbocycles. The summed E-state index contributed by atoms with van der Waals surface area (Å²) in [7, 11) is 0. The second kappa shape index (κ2) is 6.77. The molecule has 2 heterocycles. The SMILES string of the molecule is Cc1ccccc1Cn1cc(-c2cnn(Cc3ccccc3)c2)cn1. The van der Waals surface area contributed by atoms with Gasteiger partial charge in [0.2, 0.25) is 0 Å². The number of hydrogen-bond acceptors (Lipinski definition) is 2. The monoisotopic (exact) mass is 328 g/mol. The standard InChI is InChI=1S/C21H20N4/c1-17-7-5-6-10-19(17)14-25-16-21(12-23-25)20-11-22-24(15-20)13-18-8-3-2-4-9-18/h2-12,15-16H,13-14H2,1H3. The largest absolute Gasteiger partial charge is 0.268 e. The number of aromatic nitrogens is 4. The average molecular weight is 328 g/mol. The van der Waals surface area contributed by atoms with E-state index < -0.39 is 0 Å². The molecule has 4 heteroatoms. The Labute approximate surface area is 147 Å². The zero-order valence-electron chi connectivity index (χ0n) is 14.2. The Morgan fingerprint density at radius 2 is 1.32 bits per heavy atom. The fourth-order valence-electron chi connectivity index (χ4n) is 2.93. The van der Waals surface area contributed by atoms with Crippen molar-refractivity contribution in [2.45, 2.75) is 20.0 Å². The fourth-order valence-corrected chi connectivity index (χ4v) is 2.93. The smallest absolute Gasteiger partial charge is 0.0662 e. The van der Waals surface area contributed by atoms with Gasteiger partial charge in [-0.2, -0.15) is 10.2 Å². The molecule has 0 atom stereocenters. The normalized spacial score (nSPS) is 10.9. The summed E-state index contributed by atoms with van der Waals surface area (Å²) in [4.78, 5) is 0. The van der Waals surface area contributed by atoms with Gasteiger partial charge in [-0.05, 0) is 23.6 Å². The van der Waals surface area contributed by atoms with Gasteiger partial charge in [-0.3, -0.25) is 9.36 Å². The molecule has 0 fully saturated rings. The fraction of sp³-hybridized carbons (Fsp3) is 0.143. The second-order valence-electron chi connectivity index (χ2n) is 6.27. The number of nitrogens with zero attached hydrogens (tertiary/aromatic N) is 4. The molecule has 0 bridgehead atoms. The molecule has 0 unspecified atom stereocenters. The lowest BCUT2D eigenvalue weighted by Crippen LogP contribution is -2.01. The van der Waals surface area contributed by atoms with Crippen molar-refractivity contribution in [1.82, 2.24) is 19.6 Å². The Balaban J connectivity index is 1.50. The average Bonchev–Trinajstić information content (AvgIpc) is 3.27. The van der Waals surface area contributed by atoms with Crippen molar-refractivity contribution >= 4 is 0 Å². The molecule has 4 nitrogen and oxygen atoms in total. The molecule has 0 spiro atoms. The summed E-state index contributed by atoms with van der Waals surface area (Å²) < 4.78 is 3.94. The van der Waals surface area contributed by atoms with Crippen LogP contribution < -0.4 is 0 Å². The summed E-state index contributed by atoms with van der Waals surface area (Å²) in [5, 5.41) is 8.98. The van der Waals surface area contributed by atoms with Crippen LogP contribution in [0.1, 0.15) is 16.7 Å². The van der Waals surface area contributed by atoms with E-state index in [1.807, 2.05) is 27.8 Å². The highest BCUT2D eigenvalue weighted by molar-refractivity contribution is 5.59. The predicted molar refractivity (Wildman–Crippen MR) is 99.3 cm³/mol. The zero-order chi connectivity index (χ0) is 17.1. The molecule has 0 saturated heterocycles. The highest BCUT2D eigenvalue weighted by atomic mass is 15.3. The summed E-state index contributed by atoms with van der Waals surface area (Å²) >= 11 is 0. The van der Waals surface area contributed by atoms with Crippen LogP contribution in [0.5, 0.6) is 0 Å². The Bertz CT molecular complexity index is 966. The van der Waals surface area contributed by atoms with E-state index in [1.165, 1.54) is 16.7 Å². The van der Waals surface area contributed by atoms with Gasteiger partial charge < -0.3 is 0 Å². The van der Waals surface area contributed by atoms with Crippen LogP contribution in [0.4, 0.5) is 0 Å². The lowest BCUT2D eigenvalue weighted by Gasteiger charge is -2.05. The predicted octanol–water partition coefficient (Wildman–Crippen LogP) is 4.15. The van der Waals surface area contributed by atoms with Crippen molar-refractivity contribution in [1.29, 1.82) is 0 Å². The van der Waals surface area contributed by atoms with E-state index in [1.54, 1.807) is 0 Å². The molecule has 0 radical (unpaired) electrons. The molecule has 0 aliphatic rings. The van der Waals surface area contributed by atoms with Crippen LogP contribution >= 0.6 is 0 Å². The lowest BCUT2D eigenvalue weighted by molar-refractivity contribution is 0.684. The van der Waals surface area contributed by atoms with Crippen LogP contribution in [0.15, 0.2) is 79.4 Å². The van der Waals surface area contributed by atoms with Gasteiger partial charge in [0.05, 0.1) is 25.5 Å². The van der Waals surface area contributed by atoms with Gasteiger partial charge in [0.1, 0.15) is 0 Å². The molecule has 0 amide bonds. The van der Waals surface area contributed by atoms with Gasteiger partial charge in [-0.25, -0.2) is 0 Å². The van der Waals surface area contributed by atoms with Crippen LogP contribution in [0.3, 0.4) is 0 Å². The topological polar surface area (TPSA) is 35.6 Å². The molecule has 0 saturated carbocycles. The van der Waals surface area contributed by atoms with Gasteiger partial charge in [0.25, 0.3) is 0 Å². The van der Waals surface area contributed by atoms with Crippen molar-refractivity contribution in [2.24, 2.45) is 0 Å². The summed E-state index contributed by atoms with van der Waals surface area (Å²) in [5.74, 6) is 0. The molecule has 4 rings (SSSR count). The summed E-state index contributed by atoms with van der Waals surface area (Å²) in [5.41, 5.74) is 6.00. The van der Waals surface area contributed by atoms with E-state index in [-0.39, 0.29) is 0 Å². The minimum Gasteiger partial charge on any atom is -0.268 e. The molecule has 0 N–H and O–H groups in total. The van der Waals surface area contributed by atoms with E-state index in [9.17, 15) is 0 Å². The summed E-state index contributed by atoms with van der Waals surface area (Å²) in [6, 6.07) is 18.8. The van der Waals surface area contributed by atoms with Gasteiger partial charge in [-0.15, -0.1) is 0 Å². The summed E-state index contributed by atoms with van der Waals surface area (Å²) in [6.07, 6.45) is 7.96. The maximum Gasteiger partial charge on any atom is 0.0662 e. The summed E-state index contributed by atoms with van der Waals surface area (Å²) in [6.45, 7) is 3.69. The first-order valence-electron chi connectivity index (χ1n) is 8.42. The number of hydrogen-bond donors (Lipinski definition) is 0. The third kappa shape index (κ3) is 3.53. The quantitative estimate of drug-likeness (QED) is 0.552. The van der Waals surface area contributed by atoms with Crippen molar-refractivity contribution in [2.75, 3.05) is 0 Å². The van der Waals surface area contributed by atoms with Crippen LogP contribution in [-0.2, 0) is 13.1 Å². The van der Waals surface area contributed by atoms with Crippen molar-refractivity contribution < 1.29 is 0 Å². The van der Waals surface area contributed by atoms with Crippen LogP contribution in [0.25, 0.3) is 11.1 Å². The lowest BCUT2D eigenvalue weighted by atomic mass is 10.1. The third-order valence-electron chi connectivity index (χ3n) is 4.38. The van der Waals surface area contributed by atoms with E-state index in [4.69, 9.17) is 0 Å². The Morgan fingerprint density at radius 3 is 2.00 bits per heavy atom. The number of benzene rings is 2. The van der Waals surface area contributed by atoms with Crippen LogP contribution in [0.2, 0.25) is 0 Å². The zero-order valence-corrected chi connectivity index (χ0v) is 14.2. The van der Waals surface area contributed by atoms with Crippen molar-refractivity contribution in [3.63, 3.8) is 0 Å². The molecule has 4 aromatic rings. The van der Waals surface area contributed by atoms with Crippen LogP contribution in [-0.4, -0.2) is 19.6 Å². The number of aryl methyl sites for hydroxylation is 1. The van der Waals surface area contributed by atoms with Gasteiger partial charge in [0.15, 0.2) is 0 Å². The minimum atomic E-state index is 0.776. The molecule has 0 aliphatic carbocycles. The second-order valence-corrected chi connectivity index (χ2v) is 6.27. The van der Waals surface area contributed by atoms with E-state index in [0.29, 0.717) is 0 Å². The Hall–Kier alpha value is -3.14. The van der Waals surface area contributed by atoms with Gasteiger partial charge in [0, 0.05) is 23.5 Å². The first-order chi connectivity index (χ1) is 12.3. The molecular weight excluding hydrogens is 308 g/mol. The Kier molecular flexibility index (Phi) is 4.17. The Morgan fingerprint density at radius 1 is 0.720 bits per heavy atom. The highest BCUT2D eigenvalue weighted by Gasteiger charge is 2.06. The van der Waals surface area contributed by atoms with Crippen LogP contribution in [0, 0.1) is 6.92 Å². The highest BCUT2D eigenvalue weighted by Crippen LogP contribution is 2.19. The number of rotatable bonds is 5. The maximum atomic E-state index is 4.50. The third-order valence-corrected chi connectivity index (χ3v) is 4.38. The molecule has 25 heavy (non-hydrogen) atoms. The molecule has 0 aliphatic heterocycles. The maximum absolute atomic E-state index is 4.50. The van der Waals surface area contributed by atoms with Gasteiger partial charge in [-0.1, -0.05) is 54.6 Å². The minimum absolute atomic E-state index is 0.776. The first-order valence-corrected chi connectivity index (χ1v) is 8.42. The first kappa shape index (κ1) is 15.4. The van der Waals surface area contributed by atoms with Gasteiger partial charge >= 0.3 is 0 Å². The molecule has 124 valence electrons. The van der Waals surface area contributed by atoms with Crippen molar-refractivity contribution in [3.8, 4) is 11.1 Å². The van der Waals surface area contributed by atoms with E-state index >= 15 is 0 Å². The van der Waals surface area contributed by atoms with E-state index in [2.05, 4.69) is 78.0 Å². The van der Waals surface area contributed by atoms with E-state index in [0.717, 1.165) is 24.2 Å². The molecular formula is C21H20N4. The molecule has 2 aromatic heterocycles.